The van der Waals surface area contributed by atoms with Gasteiger partial charge in [0, 0.05) is 5.02 Å². The Balaban J connectivity index is 2.43. The van der Waals surface area contributed by atoms with E-state index in [1.807, 2.05) is 30.3 Å². The van der Waals surface area contributed by atoms with Gasteiger partial charge in [0.15, 0.2) is 5.60 Å². The maximum atomic E-state index is 12.6. The monoisotopic (exact) mass is 231 g/mol. The summed E-state index contributed by atoms with van der Waals surface area (Å²) in [6.07, 6.45) is 0. The third-order valence-corrected chi connectivity index (χ3v) is 2.97. The molecule has 16 heavy (non-hydrogen) atoms. The average molecular weight is 232 g/mol. The number of hydrogen-bond acceptors (Lipinski definition) is 0. The summed E-state index contributed by atoms with van der Waals surface area (Å²) in [6, 6.07) is 16.4. The predicted octanol–water partition coefficient (Wildman–Crippen LogP) is 4.03. The lowest BCUT2D eigenvalue weighted by atomic mass is 9.88. The third-order valence-electron chi connectivity index (χ3n) is 2.72. The summed E-state index contributed by atoms with van der Waals surface area (Å²) < 4.78 is 0. The first-order valence-electron chi connectivity index (χ1n) is 5.13. The van der Waals surface area contributed by atoms with Crippen LogP contribution in [0.15, 0.2) is 54.6 Å². The molecular formula is C14H12ClO. The third kappa shape index (κ3) is 2.11. The van der Waals surface area contributed by atoms with Gasteiger partial charge in [0.25, 0.3) is 0 Å². The zero-order valence-electron chi connectivity index (χ0n) is 8.98. The largest absolute Gasteiger partial charge is 0.219 e. The Bertz CT molecular complexity index is 460. The van der Waals surface area contributed by atoms with Crippen molar-refractivity contribution in [3.63, 3.8) is 0 Å². The molecule has 0 saturated carbocycles. The lowest BCUT2D eigenvalue weighted by Crippen LogP contribution is -2.20. The lowest BCUT2D eigenvalue weighted by Gasteiger charge is -2.21. The van der Waals surface area contributed by atoms with E-state index in [4.69, 9.17) is 11.6 Å². The summed E-state index contributed by atoms with van der Waals surface area (Å²) >= 11 is 5.81. The molecule has 0 fully saturated rings. The quantitative estimate of drug-likeness (QED) is 0.744. The molecule has 0 aliphatic rings. The maximum Gasteiger partial charge on any atom is 0.151 e. The molecule has 1 radical (unpaired) electrons. The van der Waals surface area contributed by atoms with Crippen molar-refractivity contribution < 1.29 is 5.11 Å². The second-order valence-electron chi connectivity index (χ2n) is 3.91. The van der Waals surface area contributed by atoms with Gasteiger partial charge in [0.2, 0.25) is 0 Å². The fraction of sp³-hybridized carbons (Fsp3) is 0.143. The molecule has 1 unspecified atom stereocenters. The number of hydrogen-bond donors (Lipinski definition) is 0. The van der Waals surface area contributed by atoms with Crippen molar-refractivity contribution in [1.82, 2.24) is 0 Å². The van der Waals surface area contributed by atoms with Gasteiger partial charge in [-0.25, -0.2) is 5.11 Å². The van der Waals surface area contributed by atoms with Crippen molar-refractivity contribution in [2.24, 2.45) is 0 Å². The molecular weight excluding hydrogens is 220 g/mol. The van der Waals surface area contributed by atoms with Crippen LogP contribution in [0.25, 0.3) is 0 Å². The highest BCUT2D eigenvalue weighted by Gasteiger charge is 2.27. The maximum absolute atomic E-state index is 12.6. The van der Waals surface area contributed by atoms with E-state index in [9.17, 15) is 5.11 Å². The van der Waals surface area contributed by atoms with E-state index in [1.54, 1.807) is 31.2 Å². The Labute approximate surface area is 100 Å². The fourth-order valence-electron chi connectivity index (χ4n) is 1.69. The smallest absolute Gasteiger partial charge is 0.151 e. The van der Waals surface area contributed by atoms with Crippen LogP contribution in [0.3, 0.4) is 0 Å². The second kappa shape index (κ2) is 4.28. The molecule has 0 aromatic heterocycles. The molecule has 2 heteroatoms. The molecule has 0 aliphatic heterocycles. The van der Waals surface area contributed by atoms with Crippen molar-refractivity contribution in [3.05, 3.63) is 70.7 Å². The number of benzene rings is 2. The summed E-state index contributed by atoms with van der Waals surface area (Å²) in [6.45, 7) is 1.67. The number of rotatable bonds is 2. The minimum Gasteiger partial charge on any atom is -0.219 e. The van der Waals surface area contributed by atoms with Crippen LogP contribution in [0, 0.1) is 0 Å². The van der Waals surface area contributed by atoms with Crippen LogP contribution < -0.4 is 0 Å². The molecule has 1 atom stereocenters. The highest BCUT2D eigenvalue weighted by molar-refractivity contribution is 6.30. The molecule has 1 nitrogen and oxygen atoms in total. The van der Waals surface area contributed by atoms with Crippen LogP contribution in [0.2, 0.25) is 5.02 Å². The first kappa shape index (κ1) is 11.2. The second-order valence-corrected chi connectivity index (χ2v) is 4.34. The lowest BCUT2D eigenvalue weighted by molar-refractivity contribution is 0.0207. The van der Waals surface area contributed by atoms with E-state index in [0.717, 1.165) is 11.1 Å². The summed E-state index contributed by atoms with van der Waals surface area (Å²) in [5, 5.41) is 13.2. The summed E-state index contributed by atoms with van der Waals surface area (Å²) in [4.78, 5) is 0. The highest BCUT2D eigenvalue weighted by Crippen LogP contribution is 2.30. The van der Waals surface area contributed by atoms with E-state index >= 15 is 0 Å². The molecule has 0 saturated heterocycles. The van der Waals surface area contributed by atoms with Crippen LogP contribution in [0.1, 0.15) is 18.1 Å². The van der Waals surface area contributed by atoms with Crippen LogP contribution in [-0.4, -0.2) is 0 Å². The van der Waals surface area contributed by atoms with Gasteiger partial charge < -0.3 is 0 Å². The van der Waals surface area contributed by atoms with Crippen LogP contribution in [-0.2, 0) is 10.7 Å². The zero-order chi connectivity index (χ0) is 11.6. The Kier molecular flexibility index (Phi) is 2.99. The van der Waals surface area contributed by atoms with Crippen molar-refractivity contribution >= 4 is 11.6 Å². The molecule has 0 aliphatic carbocycles. The van der Waals surface area contributed by atoms with Gasteiger partial charge in [0.05, 0.1) is 0 Å². The summed E-state index contributed by atoms with van der Waals surface area (Å²) in [7, 11) is 0. The van der Waals surface area contributed by atoms with Crippen molar-refractivity contribution in [2.75, 3.05) is 0 Å². The summed E-state index contributed by atoms with van der Waals surface area (Å²) in [5.41, 5.74) is 0.256. The molecule has 0 heterocycles. The van der Waals surface area contributed by atoms with Gasteiger partial charge in [-0.3, -0.25) is 0 Å². The molecule has 81 valence electrons. The van der Waals surface area contributed by atoms with E-state index in [-0.39, 0.29) is 0 Å². The molecule has 2 rings (SSSR count). The molecule has 0 N–H and O–H groups in total. The van der Waals surface area contributed by atoms with Gasteiger partial charge in [-0.05, 0) is 30.2 Å². The van der Waals surface area contributed by atoms with Gasteiger partial charge in [-0.2, -0.15) is 0 Å². The standard InChI is InChI=1S/C14H12ClO/c1-14(16,11-5-3-2-4-6-11)12-7-9-13(15)10-8-12/h2-10H,1H3. The van der Waals surface area contributed by atoms with Crippen LogP contribution in [0.5, 0.6) is 0 Å². The van der Waals surface area contributed by atoms with Gasteiger partial charge in [-0.1, -0.05) is 54.1 Å². The minimum absolute atomic E-state index is 0.646. The molecule has 0 amide bonds. The van der Waals surface area contributed by atoms with E-state index in [1.165, 1.54) is 0 Å². The highest BCUT2D eigenvalue weighted by atomic mass is 35.5. The molecule has 0 bridgehead atoms. The average Bonchev–Trinajstić information content (AvgIpc) is 2.31. The summed E-state index contributed by atoms with van der Waals surface area (Å²) in [5.74, 6) is 0. The van der Waals surface area contributed by atoms with E-state index in [0.29, 0.717) is 5.02 Å². The zero-order valence-corrected chi connectivity index (χ0v) is 9.74. The number of halogens is 1. The van der Waals surface area contributed by atoms with Crippen LogP contribution in [0.4, 0.5) is 0 Å². The van der Waals surface area contributed by atoms with E-state index < -0.39 is 5.60 Å². The molecule has 0 spiro atoms. The normalized spacial score (nSPS) is 14.4. The first-order valence-corrected chi connectivity index (χ1v) is 5.50. The van der Waals surface area contributed by atoms with Gasteiger partial charge >= 0.3 is 0 Å². The Morgan fingerprint density at radius 1 is 0.875 bits per heavy atom. The Hall–Kier alpha value is -1.31. The van der Waals surface area contributed by atoms with Gasteiger partial charge in [0.1, 0.15) is 0 Å². The minimum atomic E-state index is -1.23. The Morgan fingerprint density at radius 3 is 1.94 bits per heavy atom. The molecule has 2 aromatic carbocycles. The van der Waals surface area contributed by atoms with E-state index in [2.05, 4.69) is 0 Å². The fourth-order valence-corrected chi connectivity index (χ4v) is 1.82. The Morgan fingerprint density at radius 2 is 1.38 bits per heavy atom. The van der Waals surface area contributed by atoms with Crippen LogP contribution >= 0.6 is 11.6 Å². The van der Waals surface area contributed by atoms with Crippen molar-refractivity contribution in [3.8, 4) is 0 Å². The van der Waals surface area contributed by atoms with Crippen molar-refractivity contribution in [1.29, 1.82) is 0 Å². The topological polar surface area (TPSA) is 19.9 Å². The predicted molar refractivity (Wildman–Crippen MR) is 65.0 cm³/mol. The van der Waals surface area contributed by atoms with Gasteiger partial charge in [-0.15, -0.1) is 0 Å². The molecule has 2 aromatic rings. The van der Waals surface area contributed by atoms with Crippen molar-refractivity contribution in [2.45, 2.75) is 12.5 Å². The SMILES string of the molecule is CC([O])(c1ccccc1)c1ccc(Cl)cc1. The first-order chi connectivity index (χ1) is 7.60.